The highest BCUT2D eigenvalue weighted by Crippen LogP contribution is 2.23. The summed E-state index contributed by atoms with van der Waals surface area (Å²) in [7, 11) is 0. The van der Waals surface area contributed by atoms with Gasteiger partial charge in [0.05, 0.1) is 5.03 Å². The molecule has 0 nitrogen and oxygen atoms in total. The molecule has 1 aliphatic carbocycles. The molecule has 0 amide bonds. The predicted molar refractivity (Wildman–Crippen MR) is 46.3 cm³/mol. The van der Waals surface area contributed by atoms with Gasteiger partial charge in [0.1, 0.15) is 0 Å². The molecule has 1 rings (SSSR count). The average molecular weight is 177 g/mol. The Bertz CT molecular complexity index is 168. The van der Waals surface area contributed by atoms with E-state index in [9.17, 15) is 0 Å². The fraction of sp³-hybridized carbons (Fsp3) is 0.500. The maximum absolute atomic E-state index is 5.84. The predicted octanol–water partition coefficient (Wildman–Crippen LogP) is 3.81. The summed E-state index contributed by atoms with van der Waals surface area (Å²) in [6.45, 7) is 0. The van der Waals surface area contributed by atoms with Gasteiger partial charge in [-0.1, -0.05) is 29.3 Å². The van der Waals surface area contributed by atoms with Gasteiger partial charge in [-0.15, -0.1) is 0 Å². The van der Waals surface area contributed by atoms with E-state index in [1.165, 1.54) is 6.42 Å². The summed E-state index contributed by atoms with van der Waals surface area (Å²) in [4.78, 5) is 0. The van der Waals surface area contributed by atoms with Crippen LogP contribution >= 0.6 is 23.2 Å². The van der Waals surface area contributed by atoms with Crippen LogP contribution in [-0.4, -0.2) is 0 Å². The highest BCUT2D eigenvalue weighted by molar-refractivity contribution is 6.40. The third-order valence-corrected chi connectivity index (χ3v) is 2.38. The second-order valence-corrected chi connectivity index (χ2v) is 3.26. The Morgan fingerprint density at radius 1 is 1.20 bits per heavy atom. The summed E-state index contributed by atoms with van der Waals surface area (Å²) in [6, 6.07) is 0. The normalized spacial score (nSPS) is 31.0. The van der Waals surface area contributed by atoms with E-state index < -0.39 is 0 Å². The molecule has 0 N–H and O–H groups in total. The Hall–Kier alpha value is 0.0600. The molecule has 10 heavy (non-hydrogen) atoms. The lowest BCUT2D eigenvalue weighted by atomic mass is 10.1. The van der Waals surface area contributed by atoms with Crippen LogP contribution < -0.4 is 0 Å². The molecule has 0 unspecified atom stereocenters. The molecule has 0 aromatic heterocycles. The van der Waals surface area contributed by atoms with Gasteiger partial charge in [0.15, 0.2) is 0 Å². The van der Waals surface area contributed by atoms with E-state index in [0.29, 0.717) is 5.03 Å². The van der Waals surface area contributed by atoms with Crippen molar-refractivity contribution in [1.82, 2.24) is 0 Å². The Morgan fingerprint density at radius 2 is 2.00 bits per heavy atom. The van der Waals surface area contributed by atoms with Gasteiger partial charge in [-0.2, -0.15) is 0 Å². The number of hydrogen-bond acceptors (Lipinski definition) is 0. The van der Waals surface area contributed by atoms with Gasteiger partial charge in [-0.05, 0) is 31.8 Å². The van der Waals surface area contributed by atoms with Crippen molar-refractivity contribution < 1.29 is 0 Å². The lowest BCUT2D eigenvalue weighted by Gasteiger charge is -2.02. The first-order chi connectivity index (χ1) is 4.80. The van der Waals surface area contributed by atoms with Crippen molar-refractivity contribution in [2.75, 3.05) is 0 Å². The minimum atomic E-state index is 0.710. The molecule has 0 aromatic rings. The van der Waals surface area contributed by atoms with Crippen molar-refractivity contribution in [3.8, 4) is 0 Å². The fourth-order valence-corrected chi connectivity index (χ4v) is 1.32. The summed E-state index contributed by atoms with van der Waals surface area (Å²) in [5, 5.41) is 1.51. The molecule has 0 heterocycles. The molecule has 0 fully saturated rings. The van der Waals surface area contributed by atoms with Crippen LogP contribution in [-0.2, 0) is 0 Å². The largest absolute Gasteiger partial charge is 0.0875 e. The van der Waals surface area contributed by atoms with Crippen molar-refractivity contribution in [1.29, 1.82) is 0 Å². The summed E-state index contributed by atoms with van der Waals surface area (Å²) in [6.07, 6.45) is 8.40. The van der Waals surface area contributed by atoms with Gasteiger partial charge in [0.2, 0.25) is 0 Å². The lowest BCUT2D eigenvalue weighted by Crippen LogP contribution is -1.82. The maximum Gasteiger partial charge on any atom is 0.0547 e. The first-order valence-corrected chi connectivity index (χ1v) is 4.27. The third kappa shape index (κ3) is 2.36. The molecule has 0 spiro atoms. The summed E-state index contributed by atoms with van der Waals surface area (Å²) < 4.78 is 0. The number of hydrogen-bond donors (Lipinski definition) is 0. The summed E-state index contributed by atoms with van der Waals surface area (Å²) in [5.74, 6) is 0. The standard InChI is InChI=1S/C8H10Cl2/c9-7-5-3-1-2-4-6-8(7)10/h3,5H,1-2,4,6H2/b5-3-,8-7-. The van der Waals surface area contributed by atoms with Crippen LogP contribution in [0.5, 0.6) is 0 Å². The van der Waals surface area contributed by atoms with Crippen molar-refractivity contribution in [2.24, 2.45) is 0 Å². The molecule has 56 valence electrons. The Labute approximate surface area is 71.5 Å². The minimum absolute atomic E-state index is 0.710. The van der Waals surface area contributed by atoms with E-state index in [4.69, 9.17) is 23.2 Å². The second-order valence-electron chi connectivity index (χ2n) is 2.40. The van der Waals surface area contributed by atoms with Crippen LogP contribution in [0.3, 0.4) is 0 Å². The molecule has 0 aromatic carbocycles. The summed E-state index contributed by atoms with van der Waals surface area (Å²) >= 11 is 11.6. The zero-order chi connectivity index (χ0) is 7.40. The first kappa shape index (κ1) is 8.16. The van der Waals surface area contributed by atoms with E-state index in [1.807, 2.05) is 6.08 Å². The zero-order valence-corrected chi connectivity index (χ0v) is 7.25. The van der Waals surface area contributed by atoms with Crippen LogP contribution in [0.2, 0.25) is 0 Å². The van der Waals surface area contributed by atoms with Crippen LogP contribution in [0.25, 0.3) is 0 Å². The molecule has 0 bridgehead atoms. The zero-order valence-electron chi connectivity index (χ0n) is 5.74. The Kier molecular flexibility index (Phi) is 3.30. The van der Waals surface area contributed by atoms with Crippen molar-refractivity contribution in [3.05, 3.63) is 22.2 Å². The SMILES string of the molecule is ClC1=C(\Cl)CCCC/C=C\1. The van der Waals surface area contributed by atoms with Gasteiger partial charge in [-0.25, -0.2) is 0 Å². The van der Waals surface area contributed by atoms with Crippen molar-refractivity contribution >= 4 is 23.2 Å². The summed E-state index contributed by atoms with van der Waals surface area (Å²) in [5.41, 5.74) is 0. The van der Waals surface area contributed by atoms with Crippen LogP contribution in [0, 0.1) is 0 Å². The molecule has 0 radical (unpaired) electrons. The topological polar surface area (TPSA) is 0 Å². The number of allylic oxidation sites excluding steroid dienone is 4. The molecule has 0 saturated carbocycles. The number of rotatable bonds is 0. The van der Waals surface area contributed by atoms with Gasteiger partial charge >= 0.3 is 0 Å². The van der Waals surface area contributed by atoms with Gasteiger partial charge in [-0.3, -0.25) is 0 Å². The molecular formula is C8H10Cl2. The highest BCUT2D eigenvalue weighted by atomic mass is 35.5. The van der Waals surface area contributed by atoms with E-state index in [2.05, 4.69) is 6.08 Å². The molecule has 2 heteroatoms. The van der Waals surface area contributed by atoms with E-state index >= 15 is 0 Å². The monoisotopic (exact) mass is 176 g/mol. The van der Waals surface area contributed by atoms with E-state index in [-0.39, 0.29) is 0 Å². The van der Waals surface area contributed by atoms with Crippen LogP contribution in [0.15, 0.2) is 22.2 Å². The third-order valence-electron chi connectivity index (χ3n) is 1.54. The van der Waals surface area contributed by atoms with Crippen molar-refractivity contribution in [3.63, 3.8) is 0 Å². The van der Waals surface area contributed by atoms with Gasteiger partial charge in [0, 0.05) is 5.03 Å². The Morgan fingerprint density at radius 3 is 2.80 bits per heavy atom. The van der Waals surface area contributed by atoms with Crippen LogP contribution in [0.1, 0.15) is 25.7 Å². The molecule has 1 aliphatic rings. The Balaban J connectivity index is 2.67. The van der Waals surface area contributed by atoms with E-state index in [1.54, 1.807) is 0 Å². The smallest absolute Gasteiger partial charge is 0.0547 e. The maximum atomic E-state index is 5.84. The quantitative estimate of drug-likeness (QED) is 0.527. The minimum Gasteiger partial charge on any atom is -0.0875 e. The molecular weight excluding hydrogens is 167 g/mol. The van der Waals surface area contributed by atoms with Crippen molar-refractivity contribution in [2.45, 2.75) is 25.7 Å². The highest BCUT2D eigenvalue weighted by Gasteiger charge is 2.00. The molecule has 0 atom stereocenters. The second kappa shape index (κ2) is 4.05. The first-order valence-electron chi connectivity index (χ1n) is 3.51. The number of halogens is 2. The van der Waals surface area contributed by atoms with Gasteiger partial charge in [0.25, 0.3) is 0 Å². The van der Waals surface area contributed by atoms with Crippen LogP contribution in [0.4, 0.5) is 0 Å². The lowest BCUT2D eigenvalue weighted by molar-refractivity contribution is 0.751. The average Bonchev–Trinajstić information content (AvgIpc) is 1.92. The van der Waals surface area contributed by atoms with Gasteiger partial charge < -0.3 is 0 Å². The van der Waals surface area contributed by atoms with E-state index in [0.717, 1.165) is 24.3 Å². The molecule has 0 saturated heterocycles. The fourth-order valence-electron chi connectivity index (χ4n) is 0.939. The molecule has 0 aliphatic heterocycles.